The minimum absolute atomic E-state index is 0.179. The Morgan fingerprint density at radius 1 is 1.31 bits per heavy atom. The van der Waals surface area contributed by atoms with E-state index in [1.165, 1.54) is 11.2 Å². The quantitative estimate of drug-likeness (QED) is 0.659. The average molecular weight is 213 g/mol. The molecule has 0 N–H and O–H groups in total. The Morgan fingerprint density at radius 2 is 2.06 bits per heavy atom. The van der Waals surface area contributed by atoms with Crippen LogP contribution in [-0.4, -0.2) is 10.4 Å². The third-order valence-corrected chi connectivity index (χ3v) is 3.74. The highest BCUT2D eigenvalue weighted by Gasteiger charge is 2.28. The maximum atomic E-state index is 12.2. The summed E-state index contributed by atoms with van der Waals surface area (Å²) in [4.78, 5) is 12.2. The van der Waals surface area contributed by atoms with Gasteiger partial charge in [0.05, 0.1) is 0 Å². The number of para-hydroxylation sites is 1. The number of aromatic nitrogens is 1. The molecule has 0 saturated carbocycles. The van der Waals surface area contributed by atoms with E-state index in [2.05, 4.69) is 23.7 Å². The number of carbonyl (C=O) groups excluding carboxylic acids is 1. The van der Waals surface area contributed by atoms with Crippen molar-refractivity contribution in [3.8, 4) is 0 Å². The van der Waals surface area contributed by atoms with Crippen LogP contribution in [0.5, 0.6) is 0 Å². The molecule has 1 aliphatic carbocycles. The largest absolute Gasteiger partial charge is 0.347 e. The Morgan fingerprint density at radius 3 is 2.88 bits per heavy atom. The zero-order valence-corrected chi connectivity index (χ0v) is 9.66. The highest BCUT2D eigenvalue weighted by molar-refractivity contribution is 6.11. The zero-order chi connectivity index (χ0) is 11.3. The molecule has 16 heavy (non-hydrogen) atoms. The van der Waals surface area contributed by atoms with Gasteiger partial charge in [0.1, 0.15) is 0 Å². The fourth-order valence-corrected chi connectivity index (χ4v) is 2.74. The number of aryl methyl sites for hydroxylation is 1. The van der Waals surface area contributed by atoms with Gasteiger partial charge in [0, 0.05) is 35.1 Å². The third-order valence-electron chi connectivity index (χ3n) is 3.74. The van der Waals surface area contributed by atoms with E-state index in [1.807, 2.05) is 19.1 Å². The molecule has 1 atom stereocenters. The fourth-order valence-electron chi connectivity index (χ4n) is 2.74. The number of ketones is 1. The Hall–Kier alpha value is -1.57. The number of nitrogens with zero attached hydrogens (tertiary/aromatic N) is 1. The number of hydrogen-bond acceptors (Lipinski definition) is 1. The van der Waals surface area contributed by atoms with Crippen LogP contribution in [0.3, 0.4) is 0 Å². The van der Waals surface area contributed by atoms with E-state index >= 15 is 0 Å². The van der Waals surface area contributed by atoms with E-state index < -0.39 is 0 Å². The molecule has 0 saturated heterocycles. The first-order valence-corrected chi connectivity index (χ1v) is 5.80. The molecular formula is C14H15NO. The number of benzene rings is 1. The topological polar surface area (TPSA) is 22.0 Å². The SMILES string of the molecule is CC1CCc2c(c3ccccc3n2C)C1=O. The molecule has 2 nitrogen and oxygen atoms in total. The van der Waals surface area contributed by atoms with Crippen LogP contribution >= 0.6 is 0 Å². The van der Waals surface area contributed by atoms with Crippen LogP contribution in [0.25, 0.3) is 10.9 Å². The molecule has 0 amide bonds. The Labute approximate surface area is 94.9 Å². The average Bonchev–Trinajstić information content (AvgIpc) is 2.59. The van der Waals surface area contributed by atoms with Gasteiger partial charge in [-0.25, -0.2) is 0 Å². The predicted octanol–water partition coefficient (Wildman–Crippen LogP) is 2.94. The first-order chi connectivity index (χ1) is 7.70. The van der Waals surface area contributed by atoms with Crippen LogP contribution in [0.1, 0.15) is 29.4 Å². The van der Waals surface area contributed by atoms with Crippen molar-refractivity contribution in [2.45, 2.75) is 19.8 Å². The zero-order valence-electron chi connectivity index (χ0n) is 9.66. The van der Waals surface area contributed by atoms with Crippen LogP contribution in [0.15, 0.2) is 24.3 Å². The minimum Gasteiger partial charge on any atom is -0.347 e. The van der Waals surface area contributed by atoms with Crippen LogP contribution in [0.4, 0.5) is 0 Å². The summed E-state index contributed by atoms with van der Waals surface area (Å²) in [6.45, 7) is 2.03. The Balaban J connectivity index is 2.40. The molecule has 2 aromatic rings. The van der Waals surface area contributed by atoms with Gasteiger partial charge in [0.25, 0.3) is 0 Å². The van der Waals surface area contributed by atoms with Crippen LogP contribution < -0.4 is 0 Å². The molecule has 3 rings (SSSR count). The number of hydrogen-bond donors (Lipinski definition) is 0. The molecule has 1 unspecified atom stereocenters. The molecule has 0 radical (unpaired) electrons. The normalized spacial score (nSPS) is 20.1. The van der Waals surface area contributed by atoms with Gasteiger partial charge in [-0.05, 0) is 18.9 Å². The summed E-state index contributed by atoms with van der Waals surface area (Å²) in [5.41, 5.74) is 3.36. The monoisotopic (exact) mass is 213 g/mol. The molecular weight excluding hydrogens is 198 g/mol. The van der Waals surface area contributed by atoms with Crippen molar-refractivity contribution in [3.05, 3.63) is 35.5 Å². The molecule has 0 bridgehead atoms. The van der Waals surface area contributed by atoms with Gasteiger partial charge in [-0.1, -0.05) is 25.1 Å². The van der Waals surface area contributed by atoms with Crippen molar-refractivity contribution >= 4 is 16.7 Å². The smallest absolute Gasteiger partial charge is 0.168 e. The molecule has 1 aliphatic rings. The lowest BCUT2D eigenvalue weighted by molar-refractivity contribution is 0.0914. The summed E-state index contributed by atoms with van der Waals surface area (Å²) >= 11 is 0. The molecule has 1 aromatic heterocycles. The van der Waals surface area contributed by atoms with Gasteiger partial charge in [-0.2, -0.15) is 0 Å². The van der Waals surface area contributed by atoms with Crippen LogP contribution in [-0.2, 0) is 13.5 Å². The molecule has 0 aliphatic heterocycles. The van der Waals surface area contributed by atoms with Gasteiger partial charge < -0.3 is 4.57 Å². The molecule has 1 heterocycles. The third kappa shape index (κ3) is 1.10. The lowest BCUT2D eigenvalue weighted by Gasteiger charge is -2.18. The van der Waals surface area contributed by atoms with E-state index in [0.29, 0.717) is 5.78 Å². The Kier molecular flexibility index (Phi) is 1.93. The van der Waals surface area contributed by atoms with E-state index in [4.69, 9.17) is 0 Å². The molecule has 0 fully saturated rings. The highest BCUT2D eigenvalue weighted by atomic mass is 16.1. The van der Waals surface area contributed by atoms with Crippen molar-refractivity contribution in [1.29, 1.82) is 0 Å². The second-order valence-corrected chi connectivity index (χ2v) is 4.70. The van der Waals surface area contributed by atoms with E-state index in [1.54, 1.807) is 0 Å². The van der Waals surface area contributed by atoms with Crippen molar-refractivity contribution in [2.75, 3.05) is 0 Å². The first kappa shape index (κ1) is 9.64. The summed E-state index contributed by atoms with van der Waals surface area (Å²) in [7, 11) is 2.06. The van der Waals surface area contributed by atoms with Gasteiger partial charge in [0.2, 0.25) is 0 Å². The van der Waals surface area contributed by atoms with E-state index in [0.717, 1.165) is 23.8 Å². The lowest BCUT2D eigenvalue weighted by Crippen LogP contribution is -2.20. The standard InChI is InChI=1S/C14H15NO/c1-9-7-8-12-13(14(9)16)10-5-3-4-6-11(10)15(12)2/h3-6,9H,7-8H2,1-2H3. The first-order valence-electron chi connectivity index (χ1n) is 5.80. The molecule has 0 spiro atoms. The van der Waals surface area contributed by atoms with Crippen molar-refractivity contribution < 1.29 is 4.79 Å². The number of rotatable bonds is 0. The maximum absolute atomic E-state index is 12.2. The van der Waals surface area contributed by atoms with Crippen LogP contribution in [0.2, 0.25) is 0 Å². The summed E-state index contributed by atoms with van der Waals surface area (Å²) in [6, 6.07) is 8.19. The van der Waals surface area contributed by atoms with Crippen molar-refractivity contribution in [2.24, 2.45) is 13.0 Å². The number of carbonyl (C=O) groups is 1. The number of Topliss-reactive ketones (excluding diaryl/α,β-unsaturated/α-hetero) is 1. The minimum atomic E-state index is 0.179. The fraction of sp³-hybridized carbons (Fsp3) is 0.357. The molecule has 82 valence electrons. The second kappa shape index (κ2) is 3.21. The van der Waals surface area contributed by atoms with Crippen molar-refractivity contribution in [1.82, 2.24) is 4.57 Å². The van der Waals surface area contributed by atoms with Gasteiger partial charge in [0.15, 0.2) is 5.78 Å². The molecule has 2 heteroatoms. The number of fused-ring (bicyclic) bond motifs is 3. The lowest BCUT2D eigenvalue weighted by atomic mass is 9.86. The van der Waals surface area contributed by atoms with E-state index in [9.17, 15) is 4.79 Å². The second-order valence-electron chi connectivity index (χ2n) is 4.70. The summed E-state index contributed by atoms with van der Waals surface area (Å²) in [5, 5.41) is 1.12. The van der Waals surface area contributed by atoms with Gasteiger partial charge in [-0.3, -0.25) is 4.79 Å². The summed E-state index contributed by atoms with van der Waals surface area (Å²) < 4.78 is 2.18. The van der Waals surface area contributed by atoms with E-state index in [-0.39, 0.29) is 5.92 Å². The summed E-state index contributed by atoms with van der Waals surface area (Å²) in [6.07, 6.45) is 2.00. The van der Waals surface area contributed by atoms with Gasteiger partial charge in [-0.15, -0.1) is 0 Å². The molecule has 1 aromatic carbocycles. The predicted molar refractivity (Wildman–Crippen MR) is 64.7 cm³/mol. The maximum Gasteiger partial charge on any atom is 0.168 e. The summed E-state index contributed by atoms with van der Waals surface area (Å²) in [5.74, 6) is 0.497. The van der Waals surface area contributed by atoms with Crippen molar-refractivity contribution in [3.63, 3.8) is 0 Å². The highest BCUT2D eigenvalue weighted by Crippen LogP contribution is 2.33. The Bertz CT molecular complexity index is 580. The van der Waals surface area contributed by atoms with Gasteiger partial charge >= 0.3 is 0 Å². The van der Waals surface area contributed by atoms with Crippen LogP contribution in [0, 0.1) is 5.92 Å².